The van der Waals surface area contributed by atoms with E-state index >= 15 is 0 Å². The van der Waals surface area contributed by atoms with Gasteiger partial charge >= 0.3 is 0 Å². The van der Waals surface area contributed by atoms with Crippen LogP contribution < -0.4 is 0 Å². The van der Waals surface area contributed by atoms with E-state index in [1.807, 2.05) is 24.3 Å². The van der Waals surface area contributed by atoms with Gasteiger partial charge in [-0.3, -0.25) is 9.56 Å². The zero-order chi connectivity index (χ0) is 9.19. The molecule has 0 aliphatic rings. The lowest BCUT2D eigenvalue weighted by Crippen LogP contribution is -1.92. The van der Waals surface area contributed by atoms with Crippen LogP contribution >= 0.6 is 0 Å². The Bertz CT molecular complexity index is 349. The molecule has 0 fully saturated rings. The first kappa shape index (κ1) is 9.26. The van der Waals surface area contributed by atoms with E-state index in [0.29, 0.717) is 0 Å². The van der Waals surface area contributed by atoms with Crippen molar-refractivity contribution in [1.29, 1.82) is 9.56 Å². The smallest absolute Gasteiger partial charge is 0.0273 e. The maximum absolute atomic E-state index is 7.55. The molecule has 1 aromatic rings. The van der Waals surface area contributed by atoms with E-state index in [0.717, 1.165) is 11.3 Å². The minimum atomic E-state index is -2.03. The van der Waals surface area contributed by atoms with Gasteiger partial charge in [0.1, 0.15) is 0 Å². The number of nitrogens with one attached hydrogen (secondary N) is 2. The maximum Gasteiger partial charge on any atom is 0.0273 e. The third kappa shape index (κ3) is 2.08. The predicted molar refractivity (Wildman–Crippen MR) is 52.8 cm³/mol. The van der Waals surface area contributed by atoms with Crippen molar-refractivity contribution in [2.45, 2.75) is 18.2 Å². The normalized spacial score (nSPS) is 11.5. The van der Waals surface area contributed by atoms with Crippen molar-refractivity contribution in [3.8, 4) is 0 Å². The van der Waals surface area contributed by atoms with Crippen molar-refractivity contribution in [3.63, 3.8) is 0 Å². The highest BCUT2D eigenvalue weighted by Crippen LogP contribution is 2.11. The van der Waals surface area contributed by atoms with Crippen molar-refractivity contribution in [1.82, 2.24) is 0 Å². The molecule has 0 aromatic heterocycles. The summed E-state index contributed by atoms with van der Waals surface area (Å²) < 4.78 is 15.1. The Hall–Kier alpha value is -0.830. The molecular formula is C9H14N2S. The largest absolute Gasteiger partial charge is 0.266 e. The van der Waals surface area contributed by atoms with Gasteiger partial charge in [-0.1, -0.05) is 19.1 Å². The number of hydrogen-bond acceptors (Lipinski definition) is 2. The zero-order valence-corrected chi connectivity index (χ0v) is 8.24. The monoisotopic (exact) mass is 182 g/mol. The van der Waals surface area contributed by atoms with Crippen molar-refractivity contribution in [2.75, 3.05) is 6.26 Å². The Morgan fingerprint density at radius 1 is 1.17 bits per heavy atom. The third-order valence-corrected chi connectivity index (χ3v) is 3.02. The first-order valence-electron chi connectivity index (χ1n) is 3.90. The third-order valence-electron chi connectivity index (χ3n) is 1.80. The lowest BCUT2D eigenvalue weighted by atomic mass is 10.2. The minimum absolute atomic E-state index is 0.833. The van der Waals surface area contributed by atoms with Crippen LogP contribution in [0, 0.1) is 9.56 Å². The minimum Gasteiger partial charge on any atom is -0.266 e. The second-order valence-electron chi connectivity index (χ2n) is 2.92. The molecule has 2 N–H and O–H groups in total. The Morgan fingerprint density at radius 3 is 2.00 bits per heavy atom. The standard InChI is InChI=1S/C9H14N2S/c1-3-8-4-6-9(7-5-8)12(2,10)11/h4-7,10-11H,3H2,1-2H3. The van der Waals surface area contributed by atoms with Gasteiger partial charge in [0.05, 0.1) is 0 Å². The molecule has 0 aliphatic heterocycles. The fraction of sp³-hybridized carbons (Fsp3) is 0.333. The van der Waals surface area contributed by atoms with Crippen molar-refractivity contribution in [2.24, 2.45) is 0 Å². The van der Waals surface area contributed by atoms with Crippen LogP contribution in [0.25, 0.3) is 0 Å². The Balaban J connectivity index is 3.09. The first-order valence-corrected chi connectivity index (χ1v) is 5.94. The van der Waals surface area contributed by atoms with Crippen LogP contribution in [0.5, 0.6) is 0 Å². The van der Waals surface area contributed by atoms with Crippen molar-refractivity contribution in [3.05, 3.63) is 29.8 Å². The average molecular weight is 182 g/mol. The molecule has 1 rings (SSSR count). The van der Waals surface area contributed by atoms with Gasteiger partial charge in [0.25, 0.3) is 0 Å². The number of hydrogen-bond donors (Lipinski definition) is 2. The second kappa shape index (κ2) is 3.27. The summed E-state index contributed by atoms with van der Waals surface area (Å²) in [6.07, 6.45) is 2.68. The molecule has 66 valence electrons. The van der Waals surface area contributed by atoms with Gasteiger partial charge < -0.3 is 0 Å². The Kier molecular flexibility index (Phi) is 2.52. The molecule has 3 heteroatoms. The number of benzene rings is 1. The molecule has 0 amide bonds. The molecule has 0 saturated carbocycles. The molecular weight excluding hydrogens is 168 g/mol. The quantitative estimate of drug-likeness (QED) is 0.706. The predicted octanol–water partition coefficient (Wildman–Crippen LogP) is 2.92. The number of aryl methyl sites for hydroxylation is 1. The molecule has 12 heavy (non-hydrogen) atoms. The maximum atomic E-state index is 7.55. The summed E-state index contributed by atoms with van der Waals surface area (Å²) >= 11 is 0. The molecule has 0 bridgehead atoms. The van der Waals surface area contributed by atoms with Crippen LogP contribution in [-0.2, 0) is 16.0 Å². The summed E-state index contributed by atoms with van der Waals surface area (Å²) in [7, 11) is -2.03. The molecule has 0 heterocycles. The van der Waals surface area contributed by atoms with Crippen LogP contribution in [-0.4, -0.2) is 6.26 Å². The molecule has 0 aliphatic carbocycles. The van der Waals surface area contributed by atoms with Crippen LogP contribution in [0.15, 0.2) is 29.2 Å². The van der Waals surface area contributed by atoms with Gasteiger partial charge in [0.2, 0.25) is 0 Å². The van der Waals surface area contributed by atoms with E-state index in [-0.39, 0.29) is 0 Å². The second-order valence-corrected chi connectivity index (χ2v) is 5.22. The first-order chi connectivity index (χ1) is 5.54. The molecule has 0 saturated heterocycles. The van der Waals surface area contributed by atoms with Crippen LogP contribution in [0.2, 0.25) is 0 Å². The summed E-state index contributed by atoms with van der Waals surface area (Å²) in [5.41, 5.74) is 1.27. The van der Waals surface area contributed by atoms with Gasteiger partial charge in [0.15, 0.2) is 0 Å². The molecule has 2 nitrogen and oxygen atoms in total. The lowest BCUT2D eigenvalue weighted by Gasteiger charge is -2.04. The molecule has 0 atom stereocenters. The van der Waals surface area contributed by atoms with Crippen molar-refractivity contribution < 1.29 is 0 Å². The summed E-state index contributed by atoms with van der Waals surface area (Å²) in [5, 5.41) is 0. The lowest BCUT2D eigenvalue weighted by molar-refractivity contribution is 1.13. The fourth-order valence-electron chi connectivity index (χ4n) is 0.997. The van der Waals surface area contributed by atoms with Crippen LogP contribution in [0.1, 0.15) is 12.5 Å². The fourth-order valence-corrected chi connectivity index (χ4v) is 1.68. The van der Waals surface area contributed by atoms with Gasteiger partial charge in [-0.05, 0) is 33.7 Å². The van der Waals surface area contributed by atoms with E-state index in [1.54, 1.807) is 6.26 Å². The van der Waals surface area contributed by atoms with E-state index in [9.17, 15) is 0 Å². The molecule has 1 aromatic carbocycles. The van der Waals surface area contributed by atoms with E-state index < -0.39 is 9.62 Å². The van der Waals surface area contributed by atoms with Gasteiger partial charge in [-0.15, -0.1) is 0 Å². The van der Waals surface area contributed by atoms with E-state index in [2.05, 4.69) is 6.92 Å². The highest BCUT2D eigenvalue weighted by atomic mass is 32.2. The highest BCUT2D eigenvalue weighted by Gasteiger charge is 1.97. The highest BCUT2D eigenvalue weighted by molar-refractivity contribution is 7.92. The van der Waals surface area contributed by atoms with Gasteiger partial charge in [-0.25, -0.2) is 0 Å². The average Bonchev–Trinajstić information content (AvgIpc) is 2.03. The summed E-state index contributed by atoms with van der Waals surface area (Å²) in [4.78, 5) is 0.833. The van der Waals surface area contributed by atoms with Gasteiger partial charge in [-0.2, -0.15) is 0 Å². The topological polar surface area (TPSA) is 47.7 Å². The van der Waals surface area contributed by atoms with E-state index in [1.165, 1.54) is 5.56 Å². The molecule has 0 radical (unpaired) electrons. The summed E-state index contributed by atoms with van der Waals surface area (Å²) in [6.45, 7) is 2.10. The van der Waals surface area contributed by atoms with E-state index in [4.69, 9.17) is 9.56 Å². The Morgan fingerprint density at radius 2 is 1.67 bits per heavy atom. The Labute approximate surface area is 74.0 Å². The zero-order valence-electron chi connectivity index (χ0n) is 7.42. The van der Waals surface area contributed by atoms with Crippen LogP contribution in [0.3, 0.4) is 0 Å². The van der Waals surface area contributed by atoms with Crippen LogP contribution in [0.4, 0.5) is 0 Å². The van der Waals surface area contributed by atoms with Gasteiger partial charge in [0, 0.05) is 11.2 Å². The SMILES string of the molecule is CCc1ccc(S(C)(=N)=N)cc1. The molecule has 0 spiro atoms. The van der Waals surface area contributed by atoms with Crippen molar-refractivity contribution >= 4 is 9.62 Å². The summed E-state index contributed by atoms with van der Waals surface area (Å²) in [5.74, 6) is 0. The summed E-state index contributed by atoms with van der Waals surface area (Å²) in [6, 6.07) is 7.80. The molecule has 0 unspecified atom stereocenters. The number of rotatable bonds is 2.